The molecular formula is C10H15N3S2. The minimum atomic E-state index is 0.743. The molecule has 82 valence electrons. The predicted octanol–water partition coefficient (Wildman–Crippen LogP) is 2.97. The summed E-state index contributed by atoms with van der Waals surface area (Å²) in [4.78, 5) is 2.48. The average molecular weight is 241 g/mol. The molecule has 0 radical (unpaired) electrons. The normalized spacial score (nSPS) is 30.5. The SMILES string of the molecule is S=c1[nH]nc(N2CCCC3CCCC32)s1. The second-order valence-electron chi connectivity index (χ2n) is 4.49. The highest BCUT2D eigenvalue weighted by Gasteiger charge is 2.36. The largest absolute Gasteiger partial charge is 0.343 e. The summed E-state index contributed by atoms with van der Waals surface area (Å²) in [5, 5.41) is 8.31. The van der Waals surface area contributed by atoms with E-state index in [9.17, 15) is 0 Å². The Bertz CT molecular complexity index is 397. The van der Waals surface area contributed by atoms with Crippen molar-refractivity contribution in [3.05, 3.63) is 3.95 Å². The number of nitrogens with zero attached hydrogens (tertiary/aromatic N) is 2. The van der Waals surface area contributed by atoms with Gasteiger partial charge >= 0.3 is 0 Å². The molecule has 2 fully saturated rings. The number of nitrogens with one attached hydrogen (secondary N) is 1. The topological polar surface area (TPSA) is 31.9 Å². The third-order valence-electron chi connectivity index (χ3n) is 3.67. The minimum Gasteiger partial charge on any atom is -0.343 e. The quantitative estimate of drug-likeness (QED) is 0.767. The van der Waals surface area contributed by atoms with Gasteiger partial charge < -0.3 is 4.90 Å². The molecule has 1 aliphatic heterocycles. The van der Waals surface area contributed by atoms with Crippen LogP contribution in [0.5, 0.6) is 0 Å². The van der Waals surface area contributed by atoms with Crippen molar-refractivity contribution in [1.82, 2.24) is 10.2 Å². The minimum absolute atomic E-state index is 0.743. The second-order valence-corrected chi connectivity index (χ2v) is 6.13. The number of hydrogen-bond acceptors (Lipinski definition) is 4. The van der Waals surface area contributed by atoms with Crippen LogP contribution < -0.4 is 4.90 Å². The van der Waals surface area contributed by atoms with Gasteiger partial charge in [-0.1, -0.05) is 17.8 Å². The summed E-state index contributed by atoms with van der Waals surface area (Å²) in [6.07, 6.45) is 6.88. The summed E-state index contributed by atoms with van der Waals surface area (Å²) in [5.41, 5.74) is 0. The molecule has 5 heteroatoms. The Hall–Kier alpha value is -0.420. The van der Waals surface area contributed by atoms with E-state index in [1.54, 1.807) is 11.3 Å². The van der Waals surface area contributed by atoms with E-state index in [1.165, 1.54) is 32.1 Å². The number of piperidine rings is 1. The lowest BCUT2D eigenvalue weighted by Gasteiger charge is -2.37. The van der Waals surface area contributed by atoms with Crippen LogP contribution in [-0.2, 0) is 0 Å². The second kappa shape index (κ2) is 3.87. The Kier molecular flexibility index (Phi) is 2.52. The van der Waals surface area contributed by atoms with Crippen LogP contribution in [0.2, 0.25) is 0 Å². The molecule has 15 heavy (non-hydrogen) atoms. The molecule has 0 bridgehead atoms. The van der Waals surface area contributed by atoms with E-state index in [-0.39, 0.29) is 0 Å². The summed E-state index contributed by atoms with van der Waals surface area (Å²) in [7, 11) is 0. The fourth-order valence-corrected chi connectivity index (χ4v) is 4.00. The molecule has 2 unspecified atom stereocenters. The first kappa shape index (κ1) is 9.78. The van der Waals surface area contributed by atoms with Crippen LogP contribution in [0.3, 0.4) is 0 Å². The summed E-state index contributed by atoms with van der Waals surface area (Å²) < 4.78 is 0.796. The van der Waals surface area contributed by atoms with Crippen LogP contribution in [0, 0.1) is 9.87 Å². The van der Waals surface area contributed by atoms with E-state index >= 15 is 0 Å². The van der Waals surface area contributed by atoms with Gasteiger partial charge in [-0.3, -0.25) is 5.10 Å². The van der Waals surface area contributed by atoms with E-state index in [0.717, 1.165) is 27.6 Å². The van der Waals surface area contributed by atoms with Gasteiger partial charge in [0.1, 0.15) is 0 Å². The Morgan fingerprint density at radius 1 is 1.33 bits per heavy atom. The van der Waals surface area contributed by atoms with Gasteiger partial charge in [-0.2, -0.15) is 0 Å². The molecule has 2 aliphatic rings. The first-order valence-corrected chi connectivity index (χ1v) is 6.89. The number of anilines is 1. The fraction of sp³-hybridized carbons (Fsp3) is 0.800. The van der Waals surface area contributed by atoms with Crippen LogP contribution in [0.4, 0.5) is 5.13 Å². The van der Waals surface area contributed by atoms with Crippen LogP contribution in [-0.4, -0.2) is 22.8 Å². The number of hydrogen-bond donors (Lipinski definition) is 1. The van der Waals surface area contributed by atoms with E-state index in [4.69, 9.17) is 12.2 Å². The van der Waals surface area contributed by atoms with Crippen LogP contribution in [0.25, 0.3) is 0 Å². The first-order chi connectivity index (χ1) is 7.34. The van der Waals surface area contributed by atoms with Gasteiger partial charge in [-0.25, -0.2) is 0 Å². The highest BCUT2D eigenvalue weighted by atomic mass is 32.1. The molecule has 1 N–H and O–H groups in total. The van der Waals surface area contributed by atoms with E-state index < -0.39 is 0 Å². The molecule has 2 atom stereocenters. The van der Waals surface area contributed by atoms with Crippen molar-refractivity contribution >= 4 is 28.7 Å². The third-order valence-corrected chi connectivity index (χ3v) is 4.79. The number of aromatic nitrogens is 2. The summed E-state index contributed by atoms with van der Waals surface area (Å²) in [5.74, 6) is 0.913. The number of fused-ring (bicyclic) bond motifs is 1. The summed E-state index contributed by atoms with van der Waals surface area (Å²) in [6, 6.07) is 0.743. The van der Waals surface area contributed by atoms with Crippen molar-refractivity contribution in [2.45, 2.75) is 38.1 Å². The maximum absolute atomic E-state index is 5.10. The predicted molar refractivity (Wildman–Crippen MR) is 65.0 cm³/mol. The molecular weight excluding hydrogens is 226 g/mol. The zero-order valence-corrected chi connectivity index (χ0v) is 10.2. The zero-order valence-electron chi connectivity index (χ0n) is 8.61. The maximum atomic E-state index is 5.10. The van der Waals surface area contributed by atoms with E-state index in [0.29, 0.717) is 0 Å². The average Bonchev–Trinajstić information content (AvgIpc) is 2.84. The van der Waals surface area contributed by atoms with Crippen molar-refractivity contribution in [2.75, 3.05) is 11.4 Å². The molecule has 1 saturated carbocycles. The van der Waals surface area contributed by atoms with Crippen molar-refractivity contribution in [1.29, 1.82) is 0 Å². The highest BCUT2D eigenvalue weighted by molar-refractivity contribution is 7.73. The maximum Gasteiger partial charge on any atom is 0.207 e. The first-order valence-electron chi connectivity index (χ1n) is 5.67. The van der Waals surface area contributed by atoms with Crippen LogP contribution in [0.1, 0.15) is 32.1 Å². The van der Waals surface area contributed by atoms with Crippen LogP contribution in [0.15, 0.2) is 0 Å². The van der Waals surface area contributed by atoms with Crippen molar-refractivity contribution < 1.29 is 0 Å². The fourth-order valence-electron chi connectivity index (χ4n) is 3.04. The van der Waals surface area contributed by atoms with Gasteiger partial charge in [0, 0.05) is 12.6 Å². The van der Waals surface area contributed by atoms with Gasteiger partial charge in [0.15, 0.2) is 3.95 Å². The molecule has 1 aliphatic carbocycles. The van der Waals surface area contributed by atoms with Gasteiger partial charge in [0.25, 0.3) is 0 Å². The summed E-state index contributed by atoms with van der Waals surface area (Å²) in [6.45, 7) is 1.16. The molecule has 0 spiro atoms. The molecule has 0 amide bonds. The Balaban J connectivity index is 1.88. The molecule has 2 heterocycles. The van der Waals surface area contributed by atoms with E-state index in [2.05, 4.69) is 15.1 Å². The molecule has 0 aromatic carbocycles. The van der Waals surface area contributed by atoms with E-state index in [1.807, 2.05) is 0 Å². The lowest BCUT2D eigenvalue weighted by atomic mass is 9.92. The number of H-pyrrole nitrogens is 1. The third kappa shape index (κ3) is 1.72. The Morgan fingerprint density at radius 2 is 2.20 bits per heavy atom. The number of rotatable bonds is 1. The highest BCUT2D eigenvalue weighted by Crippen LogP contribution is 2.39. The van der Waals surface area contributed by atoms with Crippen LogP contribution >= 0.6 is 23.6 Å². The van der Waals surface area contributed by atoms with Gasteiger partial charge in [0.05, 0.1) is 0 Å². The monoisotopic (exact) mass is 241 g/mol. The lowest BCUT2D eigenvalue weighted by Crippen LogP contribution is -2.42. The molecule has 1 aromatic rings. The standard InChI is InChI=1S/C10H15N3S2/c14-10-12-11-9(15-10)13-6-2-4-7-3-1-5-8(7)13/h7-8H,1-6H2,(H,12,14). The zero-order chi connectivity index (χ0) is 10.3. The molecule has 3 nitrogen and oxygen atoms in total. The Labute approximate surface area is 98.5 Å². The molecule has 3 rings (SSSR count). The smallest absolute Gasteiger partial charge is 0.207 e. The van der Waals surface area contributed by atoms with Crippen molar-refractivity contribution in [3.8, 4) is 0 Å². The van der Waals surface area contributed by atoms with Gasteiger partial charge in [0.2, 0.25) is 5.13 Å². The lowest BCUT2D eigenvalue weighted by molar-refractivity contribution is 0.362. The van der Waals surface area contributed by atoms with Gasteiger partial charge in [-0.15, -0.1) is 5.10 Å². The van der Waals surface area contributed by atoms with Gasteiger partial charge in [-0.05, 0) is 43.8 Å². The number of aromatic amines is 1. The molecule has 1 saturated heterocycles. The van der Waals surface area contributed by atoms with Crippen molar-refractivity contribution in [3.63, 3.8) is 0 Å². The van der Waals surface area contributed by atoms with Crippen molar-refractivity contribution in [2.24, 2.45) is 5.92 Å². The molecule has 1 aromatic heterocycles. The summed E-state index contributed by atoms with van der Waals surface area (Å²) >= 11 is 6.71. The Morgan fingerprint density at radius 3 is 3.00 bits per heavy atom.